The zero-order valence-corrected chi connectivity index (χ0v) is 27.4. The third-order valence-electron chi connectivity index (χ3n) is 8.28. The normalized spacial score (nSPS) is 12.4. The smallest absolute Gasteiger partial charge is 0.326 e. The van der Waals surface area contributed by atoms with Gasteiger partial charge in [-0.1, -0.05) is 103 Å². The van der Waals surface area contributed by atoms with Gasteiger partial charge in [0, 0.05) is 49.5 Å². The van der Waals surface area contributed by atoms with Gasteiger partial charge < -0.3 is 30.8 Å². The Balaban J connectivity index is 1.29. The predicted molar refractivity (Wildman–Crippen MR) is 176 cm³/mol. The number of nitrogens with zero attached hydrogens (tertiary/aromatic N) is 2. The van der Waals surface area contributed by atoms with Crippen molar-refractivity contribution in [3.05, 3.63) is 36.4 Å². The minimum Gasteiger partial charge on any atom is -0.480 e. The molecule has 0 aromatic carbocycles. The number of aliphatic carboxylic acids is 2. The second kappa shape index (κ2) is 24.5. The summed E-state index contributed by atoms with van der Waals surface area (Å²) >= 11 is 0. The van der Waals surface area contributed by atoms with Crippen molar-refractivity contribution in [3.8, 4) is 0 Å². The summed E-state index contributed by atoms with van der Waals surface area (Å²) in [6, 6.07) is -1.88. The first-order chi connectivity index (χ1) is 22.3. The van der Waals surface area contributed by atoms with Crippen LogP contribution in [0.2, 0.25) is 0 Å². The van der Waals surface area contributed by atoms with Crippen LogP contribution in [0.4, 0.5) is 0 Å². The summed E-state index contributed by atoms with van der Waals surface area (Å²) < 4.78 is 0. The molecule has 0 saturated carbocycles. The highest BCUT2D eigenvalue weighted by Gasteiger charge is 2.21. The zero-order chi connectivity index (χ0) is 33.2. The summed E-state index contributed by atoms with van der Waals surface area (Å²) in [6.07, 6.45) is 28.2. The molecule has 12 heteroatoms. The number of imidazole rings is 2. The van der Waals surface area contributed by atoms with Gasteiger partial charge in [0.2, 0.25) is 11.8 Å². The Labute approximate surface area is 273 Å². The fourth-order valence-electron chi connectivity index (χ4n) is 5.57. The van der Waals surface area contributed by atoms with Crippen LogP contribution < -0.4 is 10.6 Å². The van der Waals surface area contributed by atoms with Crippen LogP contribution in [0, 0.1) is 0 Å². The van der Waals surface area contributed by atoms with Crippen LogP contribution in [-0.2, 0) is 32.0 Å². The van der Waals surface area contributed by atoms with Crippen molar-refractivity contribution in [2.45, 2.75) is 153 Å². The van der Waals surface area contributed by atoms with Gasteiger partial charge in [-0.25, -0.2) is 19.6 Å². The molecule has 6 N–H and O–H groups in total. The van der Waals surface area contributed by atoms with E-state index in [1.165, 1.54) is 89.7 Å². The number of amides is 2. The predicted octanol–water partition coefficient (Wildman–Crippen LogP) is 5.86. The summed E-state index contributed by atoms with van der Waals surface area (Å²) in [5.74, 6) is -2.50. The lowest BCUT2D eigenvalue weighted by Gasteiger charge is -2.13. The molecule has 0 aliphatic heterocycles. The highest BCUT2D eigenvalue weighted by molar-refractivity contribution is 5.84. The first-order valence-electron chi connectivity index (χ1n) is 17.3. The van der Waals surface area contributed by atoms with Crippen LogP contribution in [0.1, 0.15) is 140 Å². The van der Waals surface area contributed by atoms with E-state index in [9.17, 15) is 29.4 Å². The lowest BCUT2D eigenvalue weighted by Crippen LogP contribution is -2.42. The summed E-state index contributed by atoms with van der Waals surface area (Å²) in [4.78, 5) is 60.6. The van der Waals surface area contributed by atoms with Crippen LogP contribution >= 0.6 is 0 Å². The molecule has 12 nitrogen and oxygen atoms in total. The number of carboxylic acids is 2. The van der Waals surface area contributed by atoms with Gasteiger partial charge in [-0.3, -0.25) is 9.59 Å². The van der Waals surface area contributed by atoms with Crippen LogP contribution in [-0.4, -0.2) is 66.0 Å². The Morgan fingerprint density at radius 3 is 1.04 bits per heavy atom. The van der Waals surface area contributed by atoms with Gasteiger partial charge in [0.15, 0.2) is 0 Å². The van der Waals surface area contributed by atoms with E-state index in [1.54, 1.807) is 12.4 Å². The number of hydrogen-bond donors (Lipinski definition) is 6. The van der Waals surface area contributed by atoms with Gasteiger partial charge in [-0.15, -0.1) is 0 Å². The number of unbranched alkanes of at least 4 members (excludes halogenated alkanes) is 17. The maximum Gasteiger partial charge on any atom is 0.326 e. The van der Waals surface area contributed by atoms with Gasteiger partial charge in [0.25, 0.3) is 0 Å². The van der Waals surface area contributed by atoms with Gasteiger partial charge in [0.05, 0.1) is 12.7 Å². The molecule has 0 bridgehead atoms. The number of hydrogen-bond acceptors (Lipinski definition) is 6. The summed E-state index contributed by atoms with van der Waals surface area (Å²) in [5.41, 5.74) is 1.37. The number of carbonyl (C=O) groups is 4. The van der Waals surface area contributed by atoms with E-state index < -0.39 is 24.0 Å². The van der Waals surface area contributed by atoms with Crippen molar-refractivity contribution < 1.29 is 29.4 Å². The van der Waals surface area contributed by atoms with E-state index in [4.69, 9.17) is 0 Å². The summed E-state index contributed by atoms with van der Waals surface area (Å²) in [5, 5.41) is 23.9. The molecular weight excluding hydrogens is 588 g/mol. The van der Waals surface area contributed by atoms with Gasteiger partial charge in [0.1, 0.15) is 12.1 Å². The first-order valence-corrected chi connectivity index (χ1v) is 17.3. The third kappa shape index (κ3) is 19.0. The monoisotopic (exact) mass is 644 g/mol. The van der Waals surface area contributed by atoms with E-state index in [1.807, 2.05) is 0 Å². The summed E-state index contributed by atoms with van der Waals surface area (Å²) in [7, 11) is 0. The molecule has 258 valence electrons. The molecule has 0 spiro atoms. The second-order valence-electron chi connectivity index (χ2n) is 12.3. The number of H-pyrrole nitrogens is 2. The van der Waals surface area contributed by atoms with E-state index in [2.05, 4.69) is 30.6 Å². The quantitative estimate of drug-likeness (QED) is 0.0594. The van der Waals surface area contributed by atoms with Crippen LogP contribution in [0.25, 0.3) is 0 Å². The Morgan fingerprint density at radius 2 is 0.804 bits per heavy atom. The highest BCUT2D eigenvalue weighted by atomic mass is 16.4. The lowest BCUT2D eigenvalue weighted by molar-refractivity contribution is -0.142. The third-order valence-corrected chi connectivity index (χ3v) is 8.28. The molecule has 46 heavy (non-hydrogen) atoms. The van der Waals surface area contributed by atoms with Gasteiger partial charge in [-0.2, -0.15) is 0 Å². The van der Waals surface area contributed by atoms with Gasteiger partial charge in [-0.05, 0) is 12.8 Å². The molecule has 0 aliphatic carbocycles. The average molecular weight is 645 g/mol. The first kappa shape index (κ1) is 38.5. The number of carbonyl (C=O) groups excluding carboxylic acids is 2. The molecule has 0 saturated heterocycles. The number of carboxylic acid groups (broad SMARTS) is 2. The maximum absolute atomic E-state index is 12.1. The van der Waals surface area contributed by atoms with Crippen molar-refractivity contribution in [3.63, 3.8) is 0 Å². The van der Waals surface area contributed by atoms with Crippen molar-refractivity contribution in [2.24, 2.45) is 0 Å². The van der Waals surface area contributed by atoms with Crippen molar-refractivity contribution >= 4 is 23.8 Å². The minimum atomic E-state index is -1.04. The fraction of sp³-hybridized carbons (Fsp3) is 0.706. The molecule has 0 aliphatic rings. The van der Waals surface area contributed by atoms with Crippen molar-refractivity contribution in [1.29, 1.82) is 0 Å². The largest absolute Gasteiger partial charge is 0.480 e. The molecule has 2 atom stereocenters. The van der Waals surface area contributed by atoms with Crippen molar-refractivity contribution in [1.82, 2.24) is 30.6 Å². The van der Waals surface area contributed by atoms with Gasteiger partial charge >= 0.3 is 11.9 Å². The minimum absolute atomic E-state index is 0.198. The Morgan fingerprint density at radius 1 is 0.522 bits per heavy atom. The molecule has 2 aromatic rings. The van der Waals surface area contributed by atoms with E-state index in [0.717, 1.165) is 38.5 Å². The Kier molecular flexibility index (Phi) is 20.5. The molecular formula is C34H56N6O6. The molecule has 2 heterocycles. The summed E-state index contributed by atoms with van der Waals surface area (Å²) in [6.45, 7) is 0. The maximum atomic E-state index is 12.1. The second-order valence-corrected chi connectivity index (χ2v) is 12.3. The Hall–Kier alpha value is -3.70. The topological polar surface area (TPSA) is 190 Å². The number of aromatic amines is 2. The van der Waals surface area contributed by atoms with E-state index in [0.29, 0.717) is 24.2 Å². The fourth-order valence-corrected chi connectivity index (χ4v) is 5.57. The van der Waals surface area contributed by atoms with Crippen LogP contribution in [0.5, 0.6) is 0 Å². The molecule has 0 radical (unpaired) electrons. The molecule has 2 amide bonds. The number of aromatic nitrogens is 4. The zero-order valence-electron chi connectivity index (χ0n) is 27.4. The molecule has 2 rings (SSSR count). The Bertz CT molecular complexity index is 1010. The highest BCUT2D eigenvalue weighted by Crippen LogP contribution is 2.15. The van der Waals surface area contributed by atoms with Crippen LogP contribution in [0.15, 0.2) is 25.0 Å². The average Bonchev–Trinajstić information content (AvgIpc) is 3.74. The molecule has 0 unspecified atom stereocenters. The number of rotatable bonds is 29. The van der Waals surface area contributed by atoms with Crippen molar-refractivity contribution in [2.75, 3.05) is 0 Å². The molecule has 0 fully saturated rings. The SMILES string of the molecule is O=C(CCCCCCCCCCCCCCCCCCCCC(=O)N[C@@H](Cc1cnc[nH]1)C(=O)O)N[C@@H](Cc1cnc[nH]1)C(=O)O. The van der Waals surface area contributed by atoms with Crippen LogP contribution in [0.3, 0.4) is 0 Å². The number of nitrogens with one attached hydrogen (secondary N) is 4. The standard InChI is InChI=1S/C34H56N6O6/c41-31(39-29(33(43)44)21-27-23-35-25-37-27)19-17-15-13-11-9-7-5-3-1-2-4-6-8-10-12-14-16-18-20-32(42)40-30(34(45)46)22-28-24-36-26-38-28/h23-26,29-30H,1-22H2,(H,35,37)(H,36,38)(H,39,41)(H,40,42)(H,43,44)(H,45,46)/t29-,30-/m0/s1. The molecule has 2 aromatic heterocycles. The van der Waals surface area contributed by atoms with E-state index >= 15 is 0 Å². The lowest BCUT2D eigenvalue weighted by atomic mass is 10.0. The van der Waals surface area contributed by atoms with E-state index in [-0.39, 0.29) is 24.7 Å².